The van der Waals surface area contributed by atoms with Gasteiger partial charge in [-0.15, -0.1) is 0 Å². The Morgan fingerprint density at radius 2 is 1.85 bits per heavy atom. The van der Waals surface area contributed by atoms with Gasteiger partial charge in [-0.3, -0.25) is 0 Å². The van der Waals surface area contributed by atoms with Gasteiger partial charge in [-0.2, -0.15) is 13.2 Å². The number of halogens is 4. The zero-order chi connectivity index (χ0) is 24.1. The number of fused-ring (bicyclic) bond motifs is 1. The first kappa shape index (κ1) is 24.3. The molecule has 10 heteroatoms. The Morgan fingerprint density at radius 1 is 1.06 bits per heavy atom. The van der Waals surface area contributed by atoms with E-state index in [4.69, 9.17) is 21.1 Å². The maximum atomic E-state index is 13.1. The molecular weight excluding hydrogens is 469 g/mol. The molecule has 0 spiro atoms. The summed E-state index contributed by atoms with van der Waals surface area (Å²) >= 11 is 6.14. The fraction of sp³-hybridized carbons (Fsp3) is 0.417. The number of piperidine rings is 1. The maximum Gasteiger partial charge on any atom is 0.416 e. The Hall–Kier alpha value is -2.78. The van der Waals surface area contributed by atoms with Crippen molar-refractivity contribution < 1.29 is 22.6 Å². The number of ether oxygens (including phenoxy) is 2. The number of anilines is 2. The molecule has 1 fully saturated rings. The van der Waals surface area contributed by atoms with Crippen LogP contribution in [-0.4, -0.2) is 48.2 Å². The van der Waals surface area contributed by atoms with Crippen LogP contribution < -0.4 is 14.8 Å². The minimum absolute atomic E-state index is 0.0912. The van der Waals surface area contributed by atoms with Crippen LogP contribution in [0.2, 0.25) is 5.02 Å². The predicted molar refractivity (Wildman–Crippen MR) is 126 cm³/mol. The van der Waals surface area contributed by atoms with Crippen LogP contribution in [0.5, 0.6) is 11.5 Å². The summed E-state index contributed by atoms with van der Waals surface area (Å²) in [6.07, 6.45) is 1.55. The molecule has 1 aliphatic rings. The molecule has 4 rings (SSSR count). The van der Waals surface area contributed by atoms with E-state index in [0.29, 0.717) is 34.8 Å². The van der Waals surface area contributed by atoms with Gasteiger partial charge in [-0.25, -0.2) is 9.97 Å². The van der Waals surface area contributed by atoms with Gasteiger partial charge in [-0.05, 0) is 56.6 Å². The van der Waals surface area contributed by atoms with Gasteiger partial charge in [0.1, 0.15) is 12.1 Å². The first-order valence-corrected chi connectivity index (χ1v) is 11.5. The molecule has 1 saturated heterocycles. The molecule has 6 nitrogen and oxygen atoms in total. The number of aromatic nitrogens is 2. The monoisotopic (exact) mass is 494 g/mol. The van der Waals surface area contributed by atoms with Crippen LogP contribution in [0.1, 0.15) is 31.2 Å². The Bertz CT molecular complexity index is 1140. The third-order valence-electron chi connectivity index (χ3n) is 5.79. The van der Waals surface area contributed by atoms with E-state index in [9.17, 15) is 13.2 Å². The second-order valence-corrected chi connectivity index (χ2v) is 8.57. The number of hydrogen-bond acceptors (Lipinski definition) is 6. The van der Waals surface area contributed by atoms with Crippen molar-refractivity contribution in [3.63, 3.8) is 0 Å². The average molecular weight is 495 g/mol. The van der Waals surface area contributed by atoms with Crippen molar-refractivity contribution >= 4 is 34.0 Å². The molecule has 34 heavy (non-hydrogen) atoms. The smallest absolute Gasteiger partial charge is 0.416 e. The highest BCUT2D eigenvalue weighted by atomic mass is 35.5. The fourth-order valence-electron chi connectivity index (χ4n) is 4.01. The van der Waals surface area contributed by atoms with Crippen LogP contribution in [0.3, 0.4) is 0 Å². The van der Waals surface area contributed by atoms with Gasteiger partial charge in [0.25, 0.3) is 0 Å². The first-order chi connectivity index (χ1) is 16.3. The van der Waals surface area contributed by atoms with E-state index < -0.39 is 11.7 Å². The number of likely N-dealkylation sites (tertiary alicyclic amines) is 1. The zero-order valence-electron chi connectivity index (χ0n) is 18.8. The quantitative estimate of drug-likeness (QED) is 0.370. The Kier molecular flexibility index (Phi) is 7.63. The minimum Gasteiger partial charge on any atom is -0.493 e. The topological polar surface area (TPSA) is 59.5 Å². The lowest BCUT2D eigenvalue weighted by Gasteiger charge is -2.26. The molecular formula is C24H26ClF3N4O2. The summed E-state index contributed by atoms with van der Waals surface area (Å²) in [7, 11) is 1.53. The molecule has 3 aromatic rings. The van der Waals surface area contributed by atoms with Crippen LogP contribution in [0.25, 0.3) is 10.9 Å². The number of nitrogens with zero attached hydrogens (tertiary/aromatic N) is 3. The minimum atomic E-state index is -4.49. The SMILES string of the molecule is COc1cc2c(Nc3cc(C(F)(F)F)ccc3Cl)ncnc2cc1OCCCN1CCCCC1. The lowest BCUT2D eigenvalue weighted by atomic mass is 10.1. The molecule has 0 bridgehead atoms. The standard InChI is InChI=1S/C24H26ClF3N4O2/c1-33-21-13-17-19(14-22(21)34-11-5-10-32-8-3-2-4-9-32)29-15-30-23(17)31-20-12-16(24(26,27)28)6-7-18(20)25/h6-7,12-15H,2-5,8-11H2,1H3,(H,29,30,31). The van der Waals surface area contributed by atoms with E-state index in [1.807, 2.05) is 0 Å². The van der Waals surface area contributed by atoms with E-state index in [-0.39, 0.29) is 10.7 Å². The molecule has 2 aromatic carbocycles. The number of rotatable bonds is 8. The summed E-state index contributed by atoms with van der Waals surface area (Å²) in [6.45, 7) is 3.81. The molecule has 1 aromatic heterocycles. The van der Waals surface area contributed by atoms with Gasteiger partial charge in [0.05, 0.1) is 35.5 Å². The lowest BCUT2D eigenvalue weighted by Crippen LogP contribution is -2.31. The van der Waals surface area contributed by atoms with Gasteiger partial charge >= 0.3 is 6.18 Å². The number of benzene rings is 2. The molecule has 0 aliphatic carbocycles. The highest BCUT2D eigenvalue weighted by molar-refractivity contribution is 6.33. The third-order valence-corrected chi connectivity index (χ3v) is 6.12. The van der Waals surface area contributed by atoms with Gasteiger partial charge in [0.15, 0.2) is 11.5 Å². The van der Waals surface area contributed by atoms with Crippen LogP contribution in [-0.2, 0) is 6.18 Å². The van der Waals surface area contributed by atoms with Crippen molar-refractivity contribution in [3.05, 3.63) is 47.2 Å². The summed E-state index contributed by atoms with van der Waals surface area (Å²) in [5, 5.41) is 3.60. The fourth-order valence-corrected chi connectivity index (χ4v) is 4.18. The summed E-state index contributed by atoms with van der Waals surface area (Å²) in [6, 6.07) is 6.54. The van der Waals surface area contributed by atoms with Crippen molar-refractivity contribution in [3.8, 4) is 11.5 Å². The second kappa shape index (κ2) is 10.7. The van der Waals surface area contributed by atoms with Crippen molar-refractivity contribution in [1.82, 2.24) is 14.9 Å². The molecule has 1 N–H and O–H groups in total. The third kappa shape index (κ3) is 5.82. The van der Waals surface area contributed by atoms with Crippen LogP contribution in [0.4, 0.5) is 24.7 Å². The molecule has 0 saturated carbocycles. The van der Waals surface area contributed by atoms with Crippen LogP contribution in [0.15, 0.2) is 36.7 Å². The Balaban J connectivity index is 1.53. The van der Waals surface area contributed by atoms with E-state index in [0.717, 1.165) is 38.2 Å². The molecule has 0 unspecified atom stereocenters. The van der Waals surface area contributed by atoms with Crippen molar-refractivity contribution in [2.45, 2.75) is 31.9 Å². The van der Waals surface area contributed by atoms with E-state index in [1.54, 1.807) is 12.1 Å². The number of methoxy groups -OCH3 is 1. The molecule has 1 aliphatic heterocycles. The van der Waals surface area contributed by atoms with E-state index >= 15 is 0 Å². The number of hydrogen-bond donors (Lipinski definition) is 1. The first-order valence-electron chi connectivity index (χ1n) is 11.2. The Morgan fingerprint density at radius 3 is 2.59 bits per heavy atom. The van der Waals surface area contributed by atoms with Gasteiger partial charge in [-0.1, -0.05) is 18.0 Å². The summed E-state index contributed by atoms with van der Waals surface area (Å²) < 4.78 is 50.9. The molecule has 0 atom stereocenters. The summed E-state index contributed by atoms with van der Waals surface area (Å²) in [5.74, 6) is 1.34. The molecule has 0 amide bonds. The highest BCUT2D eigenvalue weighted by Gasteiger charge is 2.31. The van der Waals surface area contributed by atoms with Crippen LogP contribution in [0, 0.1) is 0 Å². The van der Waals surface area contributed by atoms with E-state index in [2.05, 4.69) is 20.2 Å². The largest absolute Gasteiger partial charge is 0.493 e. The molecule has 0 radical (unpaired) electrons. The molecule has 2 heterocycles. The molecule has 182 valence electrons. The lowest BCUT2D eigenvalue weighted by molar-refractivity contribution is -0.137. The predicted octanol–water partition coefficient (Wildman–Crippen LogP) is 6.31. The van der Waals surface area contributed by atoms with Crippen molar-refractivity contribution in [2.75, 3.05) is 38.7 Å². The summed E-state index contributed by atoms with van der Waals surface area (Å²) in [5.41, 5.74) is -0.156. The maximum absolute atomic E-state index is 13.1. The summed E-state index contributed by atoms with van der Waals surface area (Å²) in [4.78, 5) is 10.9. The van der Waals surface area contributed by atoms with Gasteiger partial charge in [0, 0.05) is 18.0 Å². The Labute approximate surface area is 201 Å². The number of alkyl halides is 3. The van der Waals surface area contributed by atoms with Crippen molar-refractivity contribution in [2.24, 2.45) is 0 Å². The van der Waals surface area contributed by atoms with Crippen molar-refractivity contribution in [1.29, 1.82) is 0 Å². The van der Waals surface area contributed by atoms with Crippen LogP contribution >= 0.6 is 11.6 Å². The number of nitrogens with one attached hydrogen (secondary N) is 1. The zero-order valence-corrected chi connectivity index (χ0v) is 19.5. The van der Waals surface area contributed by atoms with Gasteiger partial charge < -0.3 is 19.7 Å². The second-order valence-electron chi connectivity index (χ2n) is 8.16. The van der Waals surface area contributed by atoms with E-state index in [1.165, 1.54) is 38.8 Å². The average Bonchev–Trinajstić information content (AvgIpc) is 2.83. The highest BCUT2D eigenvalue weighted by Crippen LogP contribution is 2.38. The normalized spacial score (nSPS) is 14.9. The van der Waals surface area contributed by atoms with Gasteiger partial charge in [0.2, 0.25) is 0 Å².